The lowest BCUT2D eigenvalue weighted by molar-refractivity contribution is 0.161. The van der Waals surface area contributed by atoms with Crippen LogP contribution in [0.1, 0.15) is 5.56 Å². The third-order valence-electron chi connectivity index (χ3n) is 2.12. The minimum atomic E-state index is -0.226. The van der Waals surface area contributed by atoms with E-state index in [0.29, 0.717) is 6.54 Å². The van der Waals surface area contributed by atoms with Crippen LogP contribution < -0.4 is 11.2 Å². The van der Waals surface area contributed by atoms with Gasteiger partial charge in [-0.15, -0.1) is 0 Å². The summed E-state index contributed by atoms with van der Waals surface area (Å²) in [7, 11) is 0. The van der Waals surface area contributed by atoms with Crippen LogP contribution in [0.5, 0.6) is 0 Å². The first-order valence-electron chi connectivity index (χ1n) is 4.53. The number of benzene rings is 1. The Kier molecular flexibility index (Phi) is 2.66. The lowest BCUT2D eigenvalue weighted by atomic mass is 10.1. The average molecular weight is 205 g/mol. The molecule has 0 aliphatic carbocycles. The number of aromatic amines is 2. The number of hydrogen-bond donors (Lipinski definition) is 4. The maximum atomic E-state index is 10.9. The van der Waals surface area contributed by atoms with Crippen molar-refractivity contribution in [1.82, 2.24) is 15.4 Å². The topological polar surface area (TPSA) is 80.9 Å². The van der Waals surface area contributed by atoms with Crippen LogP contribution in [0.3, 0.4) is 0 Å². The molecule has 1 heterocycles. The molecule has 0 saturated carbocycles. The minimum absolute atomic E-state index is 0.226. The van der Waals surface area contributed by atoms with Gasteiger partial charge in [0.05, 0.1) is 5.69 Å². The van der Waals surface area contributed by atoms with Crippen molar-refractivity contribution in [1.29, 1.82) is 0 Å². The highest BCUT2D eigenvalue weighted by Gasteiger charge is 2.00. The third kappa shape index (κ3) is 2.15. The Morgan fingerprint density at radius 1 is 1.40 bits per heavy atom. The summed E-state index contributed by atoms with van der Waals surface area (Å²) in [4.78, 5) is 16.1. The molecule has 1 aromatic heterocycles. The van der Waals surface area contributed by atoms with Crippen LogP contribution in [-0.2, 0) is 6.54 Å². The Labute approximate surface area is 85.7 Å². The Bertz CT molecular complexity index is 501. The van der Waals surface area contributed by atoms with Crippen molar-refractivity contribution in [2.45, 2.75) is 6.54 Å². The van der Waals surface area contributed by atoms with Crippen molar-refractivity contribution < 1.29 is 5.21 Å². The van der Waals surface area contributed by atoms with Crippen molar-refractivity contribution in [2.24, 2.45) is 0 Å². The first-order valence-corrected chi connectivity index (χ1v) is 4.53. The molecule has 78 valence electrons. The summed E-state index contributed by atoms with van der Waals surface area (Å²) in [6, 6.07) is 7.53. The van der Waals surface area contributed by atoms with Gasteiger partial charge in [-0.05, 0) is 17.2 Å². The smallest absolute Gasteiger partial charge is 0.316 e. The van der Waals surface area contributed by atoms with Crippen LogP contribution in [0.2, 0.25) is 0 Å². The molecule has 0 atom stereocenters. The van der Waals surface area contributed by atoms with Crippen LogP contribution in [-0.4, -0.2) is 15.2 Å². The quantitative estimate of drug-likeness (QED) is 0.561. The van der Waals surface area contributed by atoms with E-state index in [1.54, 1.807) is 6.20 Å². The highest BCUT2D eigenvalue weighted by atomic mass is 16.5. The van der Waals surface area contributed by atoms with Crippen LogP contribution in [0.4, 0.5) is 0 Å². The molecule has 15 heavy (non-hydrogen) atoms. The number of aromatic nitrogens is 2. The van der Waals surface area contributed by atoms with Crippen LogP contribution in [0, 0.1) is 0 Å². The summed E-state index contributed by atoms with van der Waals surface area (Å²) in [5.74, 6) is 0. The molecule has 5 heteroatoms. The lowest BCUT2D eigenvalue weighted by Crippen LogP contribution is -2.05. The van der Waals surface area contributed by atoms with E-state index in [9.17, 15) is 4.79 Å². The highest BCUT2D eigenvalue weighted by molar-refractivity contribution is 5.58. The fourth-order valence-corrected chi connectivity index (χ4v) is 1.43. The summed E-state index contributed by atoms with van der Waals surface area (Å²) >= 11 is 0. The molecule has 1 aromatic carbocycles. The van der Waals surface area contributed by atoms with Crippen molar-refractivity contribution in [3.63, 3.8) is 0 Å². The fraction of sp³-hybridized carbons (Fsp3) is 0.100. The molecule has 0 unspecified atom stereocenters. The normalized spacial score (nSPS) is 10.5. The first kappa shape index (κ1) is 9.70. The van der Waals surface area contributed by atoms with Crippen molar-refractivity contribution in [3.8, 4) is 11.3 Å². The predicted octanol–water partition coefficient (Wildman–Crippen LogP) is 0.849. The summed E-state index contributed by atoms with van der Waals surface area (Å²) in [6.07, 6.45) is 1.62. The first-order chi connectivity index (χ1) is 7.29. The van der Waals surface area contributed by atoms with E-state index in [2.05, 4.69) is 15.4 Å². The second kappa shape index (κ2) is 4.12. The van der Waals surface area contributed by atoms with E-state index in [1.807, 2.05) is 24.3 Å². The number of hydroxylamine groups is 1. The molecule has 4 N–H and O–H groups in total. The Hall–Kier alpha value is -1.85. The van der Waals surface area contributed by atoms with Crippen molar-refractivity contribution >= 4 is 0 Å². The lowest BCUT2D eigenvalue weighted by Gasteiger charge is -2.01. The second-order valence-electron chi connectivity index (χ2n) is 3.19. The van der Waals surface area contributed by atoms with Gasteiger partial charge >= 0.3 is 5.69 Å². The summed E-state index contributed by atoms with van der Waals surface area (Å²) < 4.78 is 0. The molecule has 0 bridgehead atoms. The molecule has 0 fully saturated rings. The number of rotatable bonds is 3. The Morgan fingerprint density at radius 2 is 2.27 bits per heavy atom. The monoisotopic (exact) mass is 205 g/mol. The molecule has 0 aliphatic rings. The molecule has 0 aliphatic heterocycles. The zero-order valence-corrected chi connectivity index (χ0v) is 7.95. The van der Waals surface area contributed by atoms with Gasteiger partial charge in [0.15, 0.2) is 0 Å². The maximum Gasteiger partial charge on any atom is 0.323 e. The maximum absolute atomic E-state index is 10.9. The van der Waals surface area contributed by atoms with Crippen LogP contribution >= 0.6 is 0 Å². The van der Waals surface area contributed by atoms with Crippen LogP contribution in [0.25, 0.3) is 11.3 Å². The van der Waals surface area contributed by atoms with Crippen LogP contribution in [0.15, 0.2) is 35.3 Å². The number of hydrogen-bond acceptors (Lipinski definition) is 3. The van der Waals surface area contributed by atoms with Gasteiger partial charge in [-0.25, -0.2) is 10.3 Å². The molecule has 2 rings (SSSR count). The van der Waals surface area contributed by atoms with Gasteiger partial charge in [0.2, 0.25) is 0 Å². The molecule has 0 amide bonds. The minimum Gasteiger partial charge on any atom is -0.316 e. The SMILES string of the molecule is O=c1[nH]cc(-c2cccc(CNO)c2)[nH]1. The van der Waals surface area contributed by atoms with Crippen molar-refractivity contribution in [3.05, 3.63) is 46.5 Å². The highest BCUT2D eigenvalue weighted by Crippen LogP contribution is 2.16. The van der Waals surface area contributed by atoms with E-state index >= 15 is 0 Å². The van der Waals surface area contributed by atoms with Gasteiger partial charge in [0, 0.05) is 12.7 Å². The number of imidazole rings is 1. The molecule has 2 aromatic rings. The fourth-order valence-electron chi connectivity index (χ4n) is 1.43. The Morgan fingerprint density at radius 3 is 2.93 bits per heavy atom. The van der Waals surface area contributed by atoms with E-state index in [4.69, 9.17) is 5.21 Å². The third-order valence-corrected chi connectivity index (χ3v) is 2.12. The molecular formula is C10H11N3O2. The van der Waals surface area contributed by atoms with E-state index in [1.165, 1.54) is 0 Å². The molecule has 0 saturated heterocycles. The predicted molar refractivity (Wildman–Crippen MR) is 55.5 cm³/mol. The summed E-state index contributed by atoms with van der Waals surface area (Å²) in [5, 5.41) is 8.57. The molecule has 0 radical (unpaired) electrons. The zero-order valence-electron chi connectivity index (χ0n) is 7.95. The number of nitrogens with one attached hydrogen (secondary N) is 3. The molecular weight excluding hydrogens is 194 g/mol. The van der Waals surface area contributed by atoms with Gasteiger partial charge < -0.3 is 15.2 Å². The van der Waals surface area contributed by atoms with Gasteiger partial charge in [0.25, 0.3) is 0 Å². The van der Waals surface area contributed by atoms with E-state index in [0.717, 1.165) is 16.8 Å². The standard InChI is InChI=1S/C10H11N3O2/c14-10-11-6-9(13-10)8-3-1-2-7(4-8)5-12-15/h1-4,6,12,15H,5H2,(H2,11,13,14). The van der Waals surface area contributed by atoms with E-state index in [-0.39, 0.29) is 5.69 Å². The van der Waals surface area contributed by atoms with E-state index < -0.39 is 0 Å². The average Bonchev–Trinajstić information content (AvgIpc) is 2.66. The van der Waals surface area contributed by atoms with Gasteiger partial charge in [-0.1, -0.05) is 18.2 Å². The summed E-state index contributed by atoms with van der Waals surface area (Å²) in [6.45, 7) is 0.377. The summed E-state index contributed by atoms with van der Waals surface area (Å²) in [5.41, 5.74) is 4.44. The zero-order chi connectivity index (χ0) is 10.7. The largest absolute Gasteiger partial charge is 0.323 e. The molecule has 0 spiro atoms. The Balaban J connectivity index is 2.36. The molecule has 5 nitrogen and oxygen atoms in total. The number of H-pyrrole nitrogens is 2. The second-order valence-corrected chi connectivity index (χ2v) is 3.19. The van der Waals surface area contributed by atoms with Gasteiger partial charge in [-0.2, -0.15) is 0 Å². The van der Waals surface area contributed by atoms with Gasteiger partial charge in [-0.3, -0.25) is 0 Å². The van der Waals surface area contributed by atoms with Crippen molar-refractivity contribution in [2.75, 3.05) is 0 Å². The van der Waals surface area contributed by atoms with Gasteiger partial charge in [0.1, 0.15) is 0 Å².